The average molecular weight is 308 g/mol. The van der Waals surface area contributed by atoms with Crippen molar-refractivity contribution in [3.8, 4) is 11.5 Å². The predicted molar refractivity (Wildman–Crippen MR) is 94.7 cm³/mol. The monoisotopic (exact) mass is 308 g/mol. The normalized spacial score (nSPS) is 19.9. The summed E-state index contributed by atoms with van der Waals surface area (Å²) >= 11 is 0. The Morgan fingerprint density at radius 3 is 2.43 bits per heavy atom. The Bertz CT molecular complexity index is 636. The van der Waals surface area contributed by atoms with Gasteiger partial charge in [0.15, 0.2) is 0 Å². The van der Waals surface area contributed by atoms with Crippen molar-refractivity contribution in [2.75, 3.05) is 6.54 Å². The molecule has 0 aromatic heterocycles. The van der Waals surface area contributed by atoms with E-state index in [0.29, 0.717) is 5.92 Å². The van der Waals surface area contributed by atoms with Crippen molar-refractivity contribution < 1.29 is 4.74 Å². The molecule has 1 aliphatic heterocycles. The van der Waals surface area contributed by atoms with Gasteiger partial charge in [0.25, 0.3) is 0 Å². The van der Waals surface area contributed by atoms with Gasteiger partial charge in [-0.1, -0.05) is 37.3 Å². The van der Waals surface area contributed by atoms with E-state index in [-0.39, 0.29) is 6.04 Å². The molecule has 0 saturated carbocycles. The molecule has 1 heterocycles. The zero-order chi connectivity index (χ0) is 16.1. The fourth-order valence-corrected chi connectivity index (χ4v) is 3.11. The zero-order valence-electron chi connectivity index (χ0n) is 13.6. The zero-order valence-corrected chi connectivity index (χ0v) is 13.6. The van der Waals surface area contributed by atoms with Crippen LogP contribution in [0.3, 0.4) is 0 Å². The van der Waals surface area contributed by atoms with E-state index in [1.165, 1.54) is 5.56 Å². The largest absolute Gasteiger partial charge is 0.457 e. The van der Waals surface area contributed by atoms with Crippen molar-refractivity contribution in [3.63, 3.8) is 0 Å². The van der Waals surface area contributed by atoms with Gasteiger partial charge in [0, 0.05) is 11.6 Å². The number of hydrogen-bond acceptors (Lipinski definition) is 3. The maximum absolute atomic E-state index is 8.27. The molecule has 0 bridgehead atoms. The molecular formula is C20H24N2O. The number of ether oxygens (including phenoxy) is 1. The third kappa shape index (κ3) is 3.99. The fraction of sp³-hybridized carbons (Fsp3) is 0.350. The van der Waals surface area contributed by atoms with Crippen molar-refractivity contribution in [2.45, 2.75) is 38.1 Å². The molecule has 0 spiro atoms. The van der Waals surface area contributed by atoms with E-state index in [4.69, 9.17) is 10.1 Å². The van der Waals surface area contributed by atoms with Crippen molar-refractivity contribution in [1.29, 1.82) is 5.41 Å². The molecule has 0 aliphatic carbocycles. The van der Waals surface area contributed by atoms with Crippen molar-refractivity contribution in [2.24, 2.45) is 0 Å². The lowest BCUT2D eigenvalue weighted by molar-refractivity contribution is 0.481. The van der Waals surface area contributed by atoms with Crippen LogP contribution in [0.5, 0.6) is 11.5 Å². The van der Waals surface area contributed by atoms with E-state index in [1.54, 1.807) is 0 Å². The highest BCUT2D eigenvalue weighted by Gasteiger charge is 2.24. The maximum Gasteiger partial charge on any atom is 0.127 e. The smallest absolute Gasteiger partial charge is 0.127 e. The Hall–Kier alpha value is -2.13. The minimum absolute atomic E-state index is 0.151. The molecule has 3 heteroatoms. The average Bonchev–Trinajstić information content (AvgIpc) is 2.80. The van der Waals surface area contributed by atoms with Gasteiger partial charge in [0.05, 0.1) is 6.04 Å². The van der Waals surface area contributed by atoms with Crippen LogP contribution in [-0.4, -0.2) is 18.3 Å². The second-order valence-electron chi connectivity index (χ2n) is 6.19. The summed E-state index contributed by atoms with van der Waals surface area (Å²) in [5.41, 5.74) is 2.08. The van der Waals surface area contributed by atoms with Crippen molar-refractivity contribution in [3.05, 3.63) is 60.2 Å². The van der Waals surface area contributed by atoms with Gasteiger partial charge in [-0.05, 0) is 55.6 Å². The number of rotatable bonds is 4. The molecule has 0 amide bonds. The number of hydrogen-bond donors (Lipinski definition) is 2. The fourth-order valence-electron chi connectivity index (χ4n) is 3.11. The Labute approximate surface area is 138 Å². The Morgan fingerprint density at radius 2 is 1.70 bits per heavy atom. The van der Waals surface area contributed by atoms with E-state index in [2.05, 4.69) is 24.4 Å². The van der Waals surface area contributed by atoms with Crippen molar-refractivity contribution in [1.82, 2.24) is 5.32 Å². The summed E-state index contributed by atoms with van der Waals surface area (Å²) in [7, 11) is 0. The van der Waals surface area contributed by atoms with Crippen LogP contribution >= 0.6 is 0 Å². The first-order valence-corrected chi connectivity index (χ1v) is 8.37. The molecule has 23 heavy (non-hydrogen) atoms. The van der Waals surface area contributed by atoms with Crippen LogP contribution in [0, 0.1) is 5.41 Å². The second kappa shape index (κ2) is 7.42. The SMILES string of the molecule is CC(c1ccc(Oc2ccccc2)cc1)C1NCCCCC1=N. The predicted octanol–water partition coefficient (Wildman–Crippen LogP) is 4.74. The summed E-state index contributed by atoms with van der Waals surface area (Å²) in [6.07, 6.45) is 3.20. The van der Waals surface area contributed by atoms with Crippen LogP contribution in [0.25, 0.3) is 0 Å². The van der Waals surface area contributed by atoms with Gasteiger partial charge in [-0.3, -0.25) is 0 Å². The first-order chi connectivity index (χ1) is 11.2. The van der Waals surface area contributed by atoms with Crippen LogP contribution in [0.2, 0.25) is 0 Å². The van der Waals surface area contributed by atoms with E-state index in [0.717, 1.165) is 43.0 Å². The minimum atomic E-state index is 0.151. The first-order valence-electron chi connectivity index (χ1n) is 8.37. The maximum atomic E-state index is 8.27. The molecule has 2 unspecified atom stereocenters. The lowest BCUT2D eigenvalue weighted by Crippen LogP contribution is -2.39. The van der Waals surface area contributed by atoms with Gasteiger partial charge in [-0.15, -0.1) is 0 Å². The van der Waals surface area contributed by atoms with E-state index in [9.17, 15) is 0 Å². The molecular weight excluding hydrogens is 284 g/mol. The molecule has 3 rings (SSSR count). The minimum Gasteiger partial charge on any atom is -0.457 e. The quantitative estimate of drug-likeness (QED) is 0.856. The second-order valence-corrected chi connectivity index (χ2v) is 6.19. The summed E-state index contributed by atoms with van der Waals surface area (Å²) in [4.78, 5) is 0. The van der Waals surface area contributed by atoms with E-state index >= 15 is 0 Å². The lowest BCUT2D eigenvalue weighted by Gasteiger charge is -2.24. The summed E-state index contributed by atoms with van der Waals surface area (Å²) in [6.45, 7) is 3.21. The Balaban J connectivity index is 1.69. The number of para-hydroxylation sites is 1. The van der Waals surface area contributed by atoms with Gasteiger partial charge in [0.2, 0.25) is 0 Å². The molecule has 0 radical (unpaired) electrons. The third-order valence-corrected chi connectivity index (χ3v) is 4.50. The molecule has 2 atom stereocenters. The first kappa shape index (κ1) is 15.8. The van der Waals surface area contributed by atoms with E-state index < -0.39 is 0 Å². The third-order valence-electron chi connectivity index (χ3n) is 4.50. The highest BCUT2D eigenvalue weighted by molar-refractivity contribution is 5.87. The highest BCUT2D eigenvalue weighted by Crippen LogP contribution is 2.27. The molecule has 2 aromatic carbocycles. The summed E-state index contributed by atoms with van der Waals surface area (Å²) in [5.74, 6) is 1.99. The van der Waals surface area contributed by atoms with Crippen LogP contribution in [-0.2, 0) is 0 Å². The molecule has 3 nitrogen and oxygen atoms in total. The molecule has 1 fully saturated rings. The molecule has 2 N–H and O–H groups in total. The van der Waals surface area contributed by atoms with E-state index in [1.807, 2.05) is 42.5 Å². The topological polar surface area (TPSA) is 45.1 Å². The lowest BCUT2D eigenvalue weighted by atomic mass is 9.89. The van der Waals surface area contributed by atoms with Crippen molar-refractivity contribution >= 4 is 5.71 Å². The highest BCUT2D eigenvalue weighted by atomic mass is 16.5. The number of nitrogens with one attached hydrogen (secondary N) is 2. The van der Waals surface area contributed by atoms with Crippen LogP contribution in [0.15, 0.2) is 54.6 Å². The van der Waals surface area contributed by atoms with Crippen LogP contribution < -0.4 is 10.1 Å². The van der Waals surface area contributed by atoms with Gasteiger partial charge < -0.3 is 15.5 Å². The Morgan fingerprint density at radius 1 is 1.00 bits per heavy atom. The van der Waals surface area contributed by atoms with Gasteiger partial charge in [0.1, 0.15) is 11.5 Å². The summed E-state index contributed by atoms with van der Waals surface area (Å²) < 4.78 is 5.84. The molecule has 2 aromatic rings. The molecule has 120 valence electrons. The van der Waals surface area contributed by atoms with Gasteiger partial charge in [-0.25, -0.2) is 0 Å². The molecule has 1 aliphatic rings. The summed E-state index contributed by atoms with van der Waals surface area (Å²) in [5, 5.41) is 11.8. The molecule has 1 saturated heterocycles. The standard InChI is InChI=1S/C20H24N2O/c1-15(20-19(21)9-5-6-14-22-20)16-10-12-18(13-11-16)23-17-7-3-2-4-8-17/h2-4,7-8,10-13,15,20-22H,5-6,9,14H2,1H3. The van der Waals surface area contributed by atoms with Gasteiger partial charge >= 0.3 is 0 Å². The number of benzene rings is 2. The van der Waals surface area contributed by atoms with Gasteiger partial charge in [-0.2, -0.15) is 0 Å². The Kier molecular flexibility index (Phi) is 5.09. The van der Waals surface area contributed by atoms with Crippen LogP contribution in [0.4, 0.5) is 0 Å². The summed E-state index contributed by atoms with van der Waals surface area (Å²) in [6, 6.07) is 18.2. The van der Waals surface area contributed by atoms with Crippen LogP contribution in [0.1, 0.15) is 37.7 Å².